The summed E-state index contributed by atoms with van der Waals surface area (Å²) in [5, 5.41) is 11.1. The lowest BCUT2D eigenvalue weighted by molar-refractivity contribution is -0.137. The number of halogens is 2. The molecule has 0 heterocycles. The number of carboxylic acids is 1. The van der Waals surface area contributed by atoms with Crippen LogP contribution in [0.15, 0.2) is 22.7 Å². The van der Waals surface area contributed by atoms with Gasteiger partial charge in [0.2, 0.25) is 0 Å². The van der Waals surface area contributed by atoms with Crippen LogP contribution in [0.25, 0.3) is 0 Å². The van der Waals surface area contributed by atoms with Gasteiger partial charge in [0.15, 0.2) is 0 Å². The molecule has 0 radical (unpaired) electrons. The molecule has 1 rings (SSSR count). The summed E-state index contributed by atoms with van der Waals surface area (Å²) in [6.45, 7) is 1.70. The maximum absolute atomic E-state index is 13.0. The number of carbonyl (C=O) groups is 2. The smallest absolute Gasteiger partial charge is 0.303 e. The lowest BCUT2D eigenvalue weighted by Crippen LogP contribution is -2.33. The van der Waals surface area contributed by atoms with Crippen molar-refractivity contribution < 1.29 is 19.1 Å². The molecule has 0 saturated carbocycles. The fraction of sp³-hybridized carbons (Fsp3) is 0.333. The average molecular weight is 318 g/mol. The maximum Gasteiger partial charge on any atom is 0.303 e. The van der Waals surface area contributed by atoms with Gasteiger partial charge in [-0.15, -0.1) is 0 Å². The van der Waals surface area contributed by atoms with Crippen LogP contribution in [0.3, 0.4) is 0 Å². The number of hydrogen-bond donors (Lipinski definition) is 2. The lowest BCUT2D eigenvalue weighted by Gasteiger charge is -2.13. The zero-order chi connectivity index (χ0) is 13.7. The quantitative estimate of drug-likeness (QED) is 0.877. The Morgan fingerprint density at radius 2 is 2.17 bits per heavy atom. The fourth-order valence-electron chi connectivity index (χ4n) is 1.39. The van der Waals surface area contributed by atoms with E-state index in [1.165, 1.54) is 12.1 Å². The highest BCUT2D eigenvalue weighted by Crippen LogP contribution is 2.18. The zero-order valence-electron chi connectivity index (χ0n) is 9.74. The van der Waals surface area contributed by atoms with E-state index in [0.717, 1.165) is 6.07 Å². The Balaban J connectivity index is 2.64. The summed E-state index contributed by atoms with van der Waals surface area (Å²) in [5.41, 5.74) is 0.192. The average Bonchev–Trinajstić information content (AvgIpc) is 2.29. The van der Waals surface area contributed by atoms with Crippen LogP contribution < -0.4 is 5.32 Å². The van der Waals surface area contributed by atoms with Gasteiger partial charge in [0.1, 0.15) is 5.82 Å². The highest BCUT2D eigenvalue weighted by molar-refractivity contribution is 9.10. The first-order valence-corrected chi connectivity index (χ1v) is 6.17. The second-order valence-electron chi connectivity index (χ2n) is 3.93. The van der Waals surface area contributed by atoms with Gasteiger partial charge >= 0.3 is 5.97 Å². The number of nitrogens with one attached hydrogen (secondary N) is 1. The Kier molecular flexibility index (Phi) is 5.27. The molecule has 0 aliphatic heterocycles. The second-order valence-corrected chi connectivity index (χ2v) is 4.79. The van der Waals surface area contributed by atoms with Crippen molar-refractivity contribution in [1.82, 2.24) is 5.32 Å². The number of rotatable bonds is 5. The van der Waals surface area contributed by atoms with Crippen LogP contribution in [-0.4, -0.2) is 23.0 Å². The highest BCUT2D eigenvalue weighted by Gasteiger charge is 2.14. The molecular formula is C12H13BrFNO3. The van der Waals surface area contributed by atoms with E-state index in [4.69, 9.17) is 5.11 Å². The van der Waals surface area contributed by atoms with Crippen molar-refractivity contribution in [2.24, 2.45) is 0 Å². The largest absolute Gasteiger partial charge is 0.481 e. The molecule has 6 heteroatoms. The standard InChI is InChI=1S/C12H13BrFNO3/c1-7(2-5-11(16)17)15-12(18)9-6-8(14)3-4-10(9)13/h3-4,6-7H,2,5H2,1H3,(H,15,18)(H,16,17). The first-order valence-electron chi connectivity index (χ1n) is 5.38. The molecule has 1 aromatic carbocycles. The number of hydrogen-bond acceptors (Lipinski definition) is 2. The molecular weight excluding hydrogens is 305 g/mol. The van der Waals surface area contributed by atoms with E-state index in [2.05, 4.69) is 21.2 Å². The highest BCUT2D eigenvalue weighted by atomic mass is 79.9. The summed E-state index contributed by atoms with van der Waals surface area (Å²) in [5.74, 6) is -1.84. The Morgan fingerprint density at radius 3 is 2.78 bits per heavy atom. The van der Waals surface area contributed by atoms with Gasteiger partial charge in [0, 0.05) is 16.9 Å². The van der Waals surface area contributed by atoms with Gasteiger partial charge in [0.25, 0.3) is 5.91 Å². The number of carbonyl (C=O) groups excluding carboxylic acids is 1. The maximum atomic E-state index is 13.0. The minimum absolute atomic E-state index is 0.0221. The molecule has 4 nitrogen and oxygen atoms in total. The molecule has 1 amide bonds. The van der Waals surface area contributed by atoms with Crippen LogP contribution in [0.1, 0.15) is 30.1 Å². The molecule has 0 spiro atoms. The van der Waals surface area contributed by atoms with Crippen molar-refractivity contribution in [2.75, 3.05) is 0 Å². The van der Waals surface area contributed by atoms with E-state index in [0.29, 0.717) is 10.9 Å². The number of aliphatic carboxylic acids is 1. The first-order chi connectivity index (χ1) is 8.40. The van der Waals surface area contributed by atoms with E-state index in [-0.39, 0.29) is 18.0 Å². The van der Waals surface area contributed by atoms with E-state index in [1.54, 1.807) is 6.92 Å². The molecule has 0 aromatic heterocycles. The van der Waals surface area contributed by atoms with Crippen molar-refractivity contribution in [3.05, 3.63) is 34.1 Å². The SMILES string of the molecule is CC(CCC(=O)O)NC(=O)c1cc(F)ccc1Br. The van der Waals surface area contributed by atoms with Gasteiger partial charge in [0.05, 0.1) is 5.56 Å². The molecule has 2 N–H and O–H groups in total. The topological polar surface area (TPSA) is 66.4 Å². The van der Waals surface area contributed by atoms with Crippen molar-refractivity contribution in [1.29, 1.82) is 0 Å². The van der Waals surface area contributed by atoms with Crippen LogP contribution in [0, 0.1) is 5.82 Å². The molecule has 0 aliphatic rings. The summed E-state index contributed by atoms with van der Waals surface area (Å²) in [6.07, 6.45) is 0.305. The van der Waals surface area contributed by atoms with Gasteiger partial charge in [-0.25, -0.2) is 4.39 Å². The normalized spacial score (nSPS) is 11.9. The molecule has 1 atom stereocenters. The predicted octanol–water partition coefficient (Wildman–Crippen LogP) is 2.57. The Bertz CT molecular complexity index is 465. The Morgan fingerprint density at radius 1 is 1.50 bits per heavy atom. The molecule has 0 aliphatic carbocycles. The fourth-order valence-corrected chi connectivity index (χ4v) is 1.81. The summed E-state index contributed by atoms with van der Waals surface area (Å²) < 4.78 is 13.5. The van der Waals surface area contributed by atoms with Crippen molar-refractivity contribution in [2.45, 2.75) is 25.8 Å². The third kappa shape index (κ3) is 4.44. The summed E-state index contributed by atoms with van der Waals surface area (Å²) in [4.78, 5) is 22.2. The van der Waals surface area contributed by atoms with Crippen LogP contribution in [0.4, 0.5) is 4.39 Å². The third-order valence-electron chi connectivity index (χ3n) is 2.34. The van der Waals surface area contributed by atoms with E-state index >= 15 is 0 Å². The molecule has 0 saturated heterocycles. The van der Waals surface area contributed by atoms with Gasteiger partial charge in [-0.2, -0.15) is 0 Å². The lowest BCUT2D eigenvalue weighted by atomic mass is 10.1. The Hall–Kier alpha value is -1.43. The predicted molar refractivity (Wildman–Crippen MR) is 67.9 cm³/mol. The summed E-state index contributed by atoms with van der Waals surface area (Å²) >= 11 is 3.16. The minimum atomic E-state index is -0.914. The van der Waals surface area contributed by atoms with E-state index < -0.39 is 17.7 Å². The van der Waals surface area contributed by atoms with E-state index in [9.17, 15) is 14.0 Å². The third-order valence-corrected chi connectivity index (χ3v) is 3.03. The van der Waals surface area contributed by atoms with Crippen molar-refractivity contribution >= 4 is 27.8 Å². The molecule has 18 heavy (non-hydrogen) atoms. The molecule has 1 aromatic rings. The second kappa shape index (κ2) is 6.49. The molecule has 98 valence electrons. The monoisotopic (exact) mass is 317 g/mol. The van der Waals surface area contributed by atoms with Crippen LogP contribution in [0.2, 0.25) is 0 Å². The van der Waals surface area contributed by atoms with Crippen LogP contribution in [-0.2, 0) is 4.79 Å². The molecule has 1 unspecified atom stereocenters. The Labute approximate surface area is 112 Å². The van der Waals surface area contributed by atoms with Gasteiger partial charge in [-0.3, -0.25) is 9.59 Å². The van der Waals surface area contributed by atoms with Crippen LogP contribution >= 0.6 is 15.9 Å². The van der Waals surface area contributed by atoms with Crippen LogP contribution in [0.5, 0.6) is 0 Å². The van der Waals surface area contributed by atoms with E-state index in [1.807, 2.05) is 0 Å². The summed E-state index contributed by atoms with van der Waals surface area (Å²) in [6, 6.07) is 3.54. The number of benzene rings is 1. The number of amides is 1. The van der Waals surface area contributed by atoms with Crippen molar-refractivity contribution in [3.63, 3.8) is 0 Å². The van der Waals surface area contributed by atoms with Gasteiger partial charge in [-0.05, 0) is 47.5 Å². The minimum Gasteiger partial charge on any atom is -0.481 e. The first kappa shape index (κ1) is 14.6. The summed E-state index contributed by atoms with van der Waals surface area (Å²) in [7, 11) is 0. The van der Waals surface area contributed by atoms with Crippen molar-refractivity contribution in [3.8, 4) is 0 Å². The zero-order valence-corrected chi connectivity index (χ0v) is 11.3. The van der Waals surface area contributed by atoms with Gasteiger partial charge in [-0.1, -0.05) is 0 Å². The molecule has 0 bridgehead atoms. The number of carboxylic acid groups (broad SMARTS) is 1. The van der Waals surface area contributed by atoms with Gasteiger partial charge < -0.3 is 10.4 Å². The molecule has 0 fully saturated rings.